The van der Waals surface area contributed by atoms with E-state index in [1.807, 2.05) is 55.5 Å². The van der Waals surface area contributed by atoms with Crippen LogP contribution in [0.5, 0.6) is 0 Å². The minimum atomic E-state index is -0.114. The van der Waals surface area contributed by atoms with Crippen LogP contribution in [0.15, 0.2) is 48.5 Å². The van der Waals surface area contributed by atoms with Crippen LogP contribution in [0.1, 0.15) is 43.1 Å². The summed E-state index contributed by atoms with van der Waals surface area (Å²) in [5.74, 6) is 0.335. The Morgan fingerprint density at radius 3 is 2.41 bits per heavy atom. The van der Waals surface area contributed by atoms with Crippen LogP contribution in [0, 0.1) is 12.8 Å². The van der Waals surface area contributed by atoms with Crippen molar-refractivity contribution < 1.29 is 9.59 Å². The summed E-state index contributed by atoms with van der Waals surface area (Å²) in [5.41, 5.74) is 4.84. The molecule has 0 bridgehead atoms. The summed E-state index contributed by atoms with van der Waals surface area (Å²) in [4.78, 5) is 28.9. The minimum absolute atomic E-state index is 0.0835. The van der Waals surface area contributed by atoms with Crippen molar-refractivity contribution in [1.82, 2.24) is 10.3 Å². The molecule has 150 valence electrons. The third kappa shape index (κ3) is 5.19. The molecule has 0 saturated heterocycles. The maximum Gasteiger partial charge on any atom is 0.252 e. The van der Waals surface area contributed by atoms with Gasteiger partial charge in [-0.15, -0.1) is 0 Å². The Labute approximate surface area is 171 Å². The van der Waals surface area contributed by atoms with Gasteiger partial charge in [-0.2, -0.15) is 0 Å². The summed E-state index contributed by atoms with van der Waals surface area (Å²) in [5, 5.41) is 6.65. The van der Waals surface area contributed by atoms with E-state index >= 15 is 0 Å². The molecule has 0 spiro atoms. The third-order valence-electron chi connectivity index (χ3n) is 4.72. The molecule has 0 radical (unpaired) electrons. The molecule has 0 atom stereocenters. The summed E-state index contributed by atoms with van der Waals surface area (Å²) in [7, 11) is 0. The van der Waals surface area contributed by atoms with Gasteiger partial charge in [-0.1, -0.05) is 37.6 Å². The zero-order chi connectivity index (χ0) is 21.0. The lowest BCUT2D eigenvalue weighted by atomic mass is 10.0. The maximum atomic E-state index is 12.9. The molecule has 0 aliphatic rings. The monoisotopic (exact) mass is 389 g/mol. The van der Waals surface area contributed by atoms with Gasteiger partial charge >= 0.3 is 0 Å². The molecule has 0 fully saturated rings. The molecule has 29 heavy (non-hydrogen) atoms. The van der Waals surface area contributed by atoms with E-state index in [2.05, 4.69) is 24.5 Å². The van der Waals surface area contributed by atoms with Gasteiger partial charge in [-0.05, 0) is 49.6 Å². The summed E-state index contributed by atoms with van der Waals surface area (Å²) in [6.07, 6.45) is 0.936. The van der Waals surface area contributed by atoms with Crippen LogP contribution in [0.25, 0.3) is 22.2 Å². The van der Waals surface area contributed by atoms with Gasteiger partial charge in [0.15, 0.2) is 0 Å². The fourth-order valence-corrected chi connectivity index (χ4v) is 3.17. The summed E-state index contributed by atoms with van der Waals surface area (Å²) in [6.45, 7) is 8.41. The summed E-state index contributed by atoms with van der Waals surface area (Å²) >= 11 is 0. The molecule has 0 unspecified atom stereocenters. The lowest BCUT2D eigenvalue weighted by molar-refractivity contribution is -0.114. The standard InChI is InChI=1S/C24H27N3O2/c1-15(2)11-12-25-24(29)21-14-23(27-22-10-5-16(3)13-20(21)22)18-6-8-19(9-7-18)26-17(4)28/h5-10,13-15H,11-12H2,1-4H3,(H,25,29)(H,26,28). The maximum absolute atomic E-state index is 12.9. The first-order chi connectivity index (χ1) is 13.8. The van der Waals surface area contributed by atoms with E-state index in [0.717, 1.165) is 39.8 Å². The van der Waals surface area contributed by atoms with E-state index in [0.29, 0.717) is 18.0 Å². The number of fused-ring (bicyclic) bond motifs is 1. The molecule has 3 rings (SSSR count). The molecule has 1 heterocycles. The number of pyridine rings is 1. The predicted octanol–water partition coefficient (Wildman–Crippen LogP) is 4.94. The van der Waals surface area contributed by atoms with Crippen molar-refractivity contribution in [2.75, 3.05) is 11.9 Å². The lowest BCUT2D eigenvalue weighted by Crippen LogP contribution is -2.25. The quantitative estimate of drug-likeness (QED) is 0.627. The van der Waals surface area contributed by atoms with E-state index in [1.54, 1.807) is 0 Å². The lowest BCUT2D eigenvalue weighted by Gasteiger charge is -2.12. The van der Waals surface area contributed by atoms with E-state index in [4.69, 9.17) is 4.98 Å². The number of benzene rings is 2. The van der Waals surface area contributed by atoms with Gasteiger partial charge < -0.3 is 10.6 Å². The number of rotatable bonds is 6. The van der Waals surface area contributed by atoms with Crippen molar-refractivity contribution in [3.63, 3.8) is 0 Å². The smallest absolute Gasteiger partial charge is 0.252 e. The van der Waals surface area contributed by atoms with Crippen LogP contribution in [0.3, 0.4) is 0 Å². The van der Waals surface area contributed by atoms with Crippen LogP contribution in [-0.2, 0) is 4.79 Å². The van der Waals surface area contributed by atoms with Crippen LogP contribution < -0.4 is 10.6 Å². The topological polar surface area (TPSA) is 71.1 Å². The molecule has 2 amide bonds. The van der Waals surface area contributed by atoms with Crippen LogP contribution in [0.2, 0.25) is 0 Å². The highest BCUT2D eigenvalue weighted by atomic mass is 16.2. The number of hydrogen-bond donors (Lipinski definition) is 2. The molecule has 5 nitrogen and oxygen atoms in total. The number of nitrogens with one attached hydrogen (secondary N) is 2. The number of aryl methyl sites for hydroxylation is 1. The fraction of sp³-hybridized carbons (Fsp3) is 0.292. The van der Waals surface area contributed by atoms with Gasteiger partial charge in [0, 0.05) is 30.1 Å². The Balaban J connectivity index is 1.99. The molecular weight excluding hydrogens is 362 g/mol. The van der Waals surface area contributed by atoms with Crippen molar-refractivity contribution in [3.8, 4) is 11.3 Å². The highest BCUT2D eigenvalue weighted by Gasteiger charge is 2.14. The van der Waals surface area contributed by atoms with E-state index < -0.39 is 0 Å². The SMILES string of the molecule is CC(=O)Nc1ccc(-c2cc(C(=O)NCCC(C)C)c3cc(C)ccc3n2)cc1. The van der Waals surface area contributed by atoms with Gasteiger partial charge in [-0.25, -0.2) is 4.98 Å². The molecule has 2 N–H and O–H groups in total. The minimum Gasteiger partial charge on any atom is -0.352 e. The third-order valence-corrected chi connectivity index (χ3v) is 4.72. The summed E-state index contributed by atoms with van der Waals surface area (Å²) in [6, 6.07) is 15.3. The van der Waals surface area contributed by atoms with Crippen molar-refractivity contribution in [3.05, 3.63) is 59.7 Å². The number of carbonyl (C=O) groups is 2. The Kier molecular flexibility index (Phi) is 6.27. The van der Waals surface area contributed by atoms with Gasteiger partial charge in [0.2, 0.25) is 5.91 Å². The average molecular weight is 389 g/mol. The largest absolute Gasteiger partial charge is 0.352 e. The Hall–Kier alpha value is -3.21. The van der Waals surface area contributed by atoms with Crippen LogP contribution in [0.4, 0.5) is 5.69 Å². The normalized spacial score (nSPS) is 10.9. The number of amides is 2. The Bertz CT molecular complexity index is 1040. The van der Waals surface area contributed by atoms with Gasteiger partial charge in [-0.3, -0.25) is 9.59 Å². The predicted molar refractivity (Wildman–Crippen MR) is 118 cm³/mol. The average Bonchev–Trinajstić information content (AvgIpc) is 2.67. The van der Waals surface area contributed by atoms with Crippen molar-refractivity contribution in [2.45, 2.75) is 34.1 Å². The summed E-state index contributed by atoms with van der Waals surface area (Å²) < 4.78 is 0. The number of aromatic nitrogens is 1. The highest BCUT2D eigenvalue weighted by molar-refractivity contribution is 6.07. The highest BCUT2D eigenvalue weighted by Crippen LogP contribution is 2.27. The molecule has 0 saturated carbocycles. The van der Waals surface area contributed by atoms with Gasteiger partial charge in [0.25, 0.3) is 5.91 Å². The van der Waals surface area contributed by atoms with Gasteiger partial charge in [0.1, 0.15) is 0 Å². The number of nitrogens with zero attached hydrogens (tertiary/aromatic N) is 1. The Morgan fingerprint density at radius 1 is 1.03 bits per heavy atom. The molecular formula is C24H27N3O2. The zero-order valence-corrected chi connectivity index (χ0v) is 17.4. The first-order valence-electron chi connectivity index (χ1n) is 9.91. The van der Waals surface area contributed by atoms with Crippen molar-refractivity contribution in [1.29, 1.82) is 0 Å². The van der Waals surface area contributed by atoms with E-state index in [9.17, 15) is 9.59 Å². The fourth-order valence-electron chi connectivity index (χ4n) is 3.17. The van der Waals surface area contributed by atoms with Gasteiger partial charge in [0.05, 0.1) is 16.8 Å². The second-order valence-electron chi connectivity index (χ2n) is 7.77. The zero-order valence-electron chi connectivity index (χ0n) is 17.4. The van der Waals surface area contributed by atoms with E-state index in [1.165, 1.54) is 6.92 Å². The van der Waals surface area contributed by atoms with Crippen molar-refractivity contribution in [2.24, 2.45) is 5.92 Å². The van der Waals surface area contributed by atoms with Crippen LogP contribution in [-0.4, -0.2) is 23.3 Å². The Morgan fingerprint density at radius 2 is 1.76 bits per heavy atom. The molecule has 1 aromatic heterocycles. The number of anilines is 1. The molecule has 5 heteroatoms. The second kappa shape index (κ2) is 8.86. The van der Waals surface area contributed by atoms with E-state index in [-0.39, 0.29) is 11.8 Å². The molecule has 2 aromatic carbocycles. The molecule has 0 aliphatic heterocycles. The first-order valence-corrected chi connectivity index (χ1v) is 9.91. The number of hydrogen-bond acceptors (Lipinski definition) is 3. The van der Waals surface area contributed by atoms with Crippen LogP contribution >= 0.6 is 0 Å². The second-order valence-corrected chi connectivity index (χ2v) is 7.77. The number of carbonyl (C=O) groups excluding carboxylic acids is 2. The first kappa shape index (κ1) is 20.5. The molecule has 3 aromatic rings. The molecule has 0 aliphatic carbocycles. The van der Waals surface area contributed by atoms with Crippen molar-refractivity contribution >= 4 is 28.4 Å².